The number of ether oxygens (including phenoxy) is 2. The summed E-state index contributed by atoms with van der Waals surface area (Å²) in [5, 5.41) is 10.3. The molecule has 0 spiro atoms. The molecule has 1 aromatic carbocycles. The van der Waals surface area contributed by atoms with Gasteiger partial charge in [-0.25, -0.2) is 0 Å². The van der Waals surface area contributed by atoms with Gasteiger partial charge < -0.3 is 14.6 Å². The standard InChI is InChI=1S/C21H35NO3/c1-16(2)20-10-5-6-11-21(20)25-13-12-24-15-19(23)14-22-17(3)8-7-9-18(22)4/h5-6,10-11,16-19,23H,7-9,12-15H2,1-4H3/t17-,18-,19+/m0/s1. The van der Waals surface area contributed by atoms with Gasteiger partial charge in [0.1, 0.15) is 12.4 Å². The van der Waals surface area contributed by atoms with E-state index in [0.29, 0.717) is 44.4 Å². The normalized spacial score (nSPS) is 23.0. The topological polar surface area (TPSA) is 41.9 Å². The first-order valence-electron chi connectivity index (χ1n) is 9.72. The van der Waals surface area contributed by atoms with Crippen LogP contribution in [0.3, 0.4) is 0 Å². The molecule has 2 rings (SSSR count). The van der Waals surface area contributed by atoms with E-state index in [9.17, 15) is 5.11 Å². The van der Waals surface area contributed by atoms with Crippen molar-refractivity contribution in [2.75, 3.05) is 26.4 Å². The predicted molar refractivity (Wildman–Crippen MR) is 102 cm³/mol. The van der Waals surface area contributed by atoms with Gasteiger partial charge >= 0.3 is 0 Å². The van der Waals surface area contributed by atoms with Gasteiger partial charge in [-0.2, -0.15) is 0 Å². The molecule has 1 aromatic rings. The monoisotopic (exact) mass is 349 g/mol. The molecule has 0 aliphatic carbocycles. The first-order valence-corrected chi connectivity index (χ1v) is 9.72. The fourth-order valence-electron chi connectivity index (χ4n) is 3.65. The van der Waals surface area contributed by atoms with Crippen molar-refractivity contribution in [2.45, 2.75) is 71.1 Å². The molecule has 1 N–H and O–H groups in total. The van der Waals surface area contributed by atoms with Crippen LogP contribution in [0.2, 0.25) is 0 Å². The van der Waals surface area contributed by atoms with Gasteiger partial charge in [-0.15, -0.1) is 0 Å². The van der Waals surface area contributed by atoms with Gasteiger partial charge in [0.2, 0.25) is 0 Å². The third-order valence-electron chi connectivity index (χ3n) is 5.13. The maximum atomic E-state index is 10.3. The van der Waals surface area contributed by atoms with E-state index < -0.39 is 6.10 Å². The van der Waals surface area contributed by atoms with Crippen LogP contribution in [0.4, 0.5) is 0 Å². The van der Waals surface area contributed by atoms with Crippen molar-refractivity contribution in [1.82, 2.24) is 4.90 Å². The van der Waals surface area contributed by atoms with Gasteiger partial charge in [-0.3, -0.25) is 4.90 Å². The lowest BCUT2D eigenvalue weighted by atomic mass is 9.97. The Morgan fingerprint density at radius 3 is 2.48 bits per heavy atom. The zero-order chi connectivity index (χ0) is 18.2. The molecular formula is C21H35NO3. The highest BCUT2D eigenvalue weighted by molar-refractivity contribution is 5.35. The lowest BCUT2D eigenvalue weighted by Crippen LogP contribution is -2.48. The summed E-state index contributed by atoms with van der Waals surface area (Å²) in [6.07, 6.45) is 3.30. The Balaban J connectivity index is 1.66. The molecule has 4 heteroatoms. The fraction of sp³-hybridized carbons (Fsp3) is 0.714. The number of likely N-dealkylation sites (tertiary alicyclic amines) is 1. The summed E-state index contributed by atoms with van der Waals surface area (Å²) in [5.74, 6) is 1.37. The summed E-state index contributed by atoms with van der Waals surface area (Å²) in [4.78, 5) is 2.41. The minimum Gasteiger partial charge on any atom is -0.491 e. The van der Waals surface area contributed by atoms with Crippen LogP contribution in [-0.2, 0) is 4.74 Å². The molecule has 142 valence electrons. The molecule has 0 radical (unpaired) electrons. The van der Waals surface area contributed by atoms with Crippen molar-refractivity contribution >= 4 is 0 Å². The van der Waals surface area contributed by atoms with Gasteiger partial charge in [-0.1, -0.05) is 38.5 Å². The van der Waals surface area contributed by atoms with Crippen molar-refractivity contribution in [1.29, 1.82) is 0 Å². The van der Waals surface area contributed by atoms with E-state index in [1.54, 1.807) is 0 Å². The molecule has 0 unspecified atom stereocenters. The minimum absolute atomic E-state index is 0.366. The molecule has 1 heterocycles. The lowest BCUT2D eigenvalue weighted by Gasteiger charge is -2.40. The van der Waals surface area contributed by atoms with Crippen LogP contribution in [0.5, 0.6) is 5.75 Å². The van der Waals surface area contributed by atoms with E-state index in [2.05, 4.69) is 38.7 Å². The highest BCUT2D eigenvalue weighted by Gasteiger charge is 2.26. The summed E-state index contributed by atoms with van der Waals surface area (Å²) < 4.78 is 11.5. The van der Waals surface area contributed by atoms with Gasteiger partial charge in [0, 0.05) is 18.6 Å². The van der Waals surface area contributed by atoms with E-state index in [1.807, 2.05) is 18.2 Å². The average molecular weight is 350 g/mol. The van der Waals surface area contributed by atoms with E-state index in [0.717, 1.165) is 5.75 Å². The molecule has 0 bridgehead atoms. The maximum Gasteiger partial charge on any atom is 0.122 e. The van der Waals surface area contributed by atoms with Crippen molar-refractivity contribution in [3.8, 4) is 5.75 Å². The first kappa shape index (κ1) is 20.2. The van der Waals surface area contributed by atoms with E-state index >= 15 is 0 Å². The highest BCUT2D eigenvalue weighted by atomic mass is 16.5. The van der Waals surface area contributed by atoms with E-state index in [4.69, 9.17) is 9.47 Å². The third-order valence-corrected chi connectivity index (χ3v) is 5.13. The predicted octanol–water partition coefficient (Wildman–Crippen LogP) is 3.83. The van der Waals surface area contributed by atoms with Crippen LogP contribution < -0.4 is 4.74 Å². The number of nitrogens with zero attached hydrogens (tertiary/aromatic N) is 1. The summed E-state index contributed by atoms with van der Waals surface area (Å²) >= 11 is 0. The van der Waals surface area contributed by atoms with Crippen LogP contribution in [0.25, 0.3) is 0 Å². The van der Waals surface area contributed by atoms with Crippen LogP contribution in [-0.4, -0.2) is 54.6 Å². The molecule has 1 fully saturated rings. The van der Waals surface area contributed by atoms with Crippen molar-refractivity contribution in [3.05, 3.63) is 29.8 Å². The van der Waals surface area contributed by atoms with Crippen LogP contribution >= 0.6 is 0 Å². The number of para-hydroxylation sites is 1. The number of β-amino-alcohol motifs (C(OH)–C–C–N with tert-alkyl or cyclic N) is 1. The Hall–Kier alpha value is -1.10. The van der Waals surface area contributed by atoms with E-state index in [-0.39, 0.29) is 0 Å². The Morgan fingerprint density at radius 1 is 1.12 bits per heavy atom. The molecule has 1 saturated heterocycles. The molecule has 0 amide bonds. The van der Waals surface area contributed by atoms with Crippen molar-refractivity contribution in [3.63, 3.8) is 0 Å². The third kappa shape index (κ3) is 6.28. The first-order chi connectivity index (χ1) is 12.0. The molecule has 0 aromatic heterocycles. The van der Waals surface area contributed by atoms with Gasteiger partial charge in [0.15, 0.2) is 0 Å². The number of hydrogen-bond donors (Lipinski definition) is 1. The number of benzene rings is 1. The second-order valence-corrected chi connectivity index (χ2v) is 7.60. The van der Waals surface area contributed by atoms with Gasteiger partial charge in [0.05, 0.1) is 19.3 Å². The number of rotatable bonds is 9. The molecule has 4 nitrogen and oxygen atoms in total. The average Bonchev–Trinajstić information content (AvgIpc) is 2.58. The smallest absolute Gasteiger partial charge is 0.122 e. The van der Waals surface area contributed by atoms with Crippen molar-refractivity contribution in [2.24, 2.45) is 0 Å². The molecule has 3 atom stereocenters. The summed E-state index contributed by atoms with van der Waals surface area (Å²) in [5.41, 5.74) is 1.22. The zero-order valence-electron chi connectivity index (χ0n) is 16.3. The quantitative estimate of drug-likeness (QED) is 0.688. The summed E-state index contributed by atoms with van der Waals surface area (Å²) in [7, 11) is 0. The Morgan fingerprint density at radius 2 is 1.80 bits per heavy atom. The number of aliphatic hydroxyl groups is 1. The van der Waals surface area contributed by atoms with Crippen LogP contribution in [0.1, 0.15) is 58.4 Å². The minimum atomic E-state index is -0.439. The Labute approximate surface area is 153 Å². The van der Waals surface area contributed by atoms with Crippen molar-refractivity contribution < 1.29 is 14.6 Å². The second kappa shape index (κ2) is 10.1. The molecule has 1 aliphatic heterocycles. The number of piperidine rings is 1. The number of hydrogen-bond acceptors (Lipinski definition) is 4. The Bertz CT molecular complexity index is 496. The van der Waals surface area contributed by atoms with Gasteiger partial charge in [-0.05, 0) is 44.2 Å². The molecule has 25 heavy (non-hydrogen) atoms. The lowest BCUT2D eigenvalue weighted by molar-refractivity contribution is -0.0141. The SMILES string of the molecule is CC(C)c1ccccc1OCCOC[C@H](O)CN1[C@@H](C)CCC[C@@H]1C. The molecular weight excluding hydrogens is 314 g/mol. The Kier molecular flexibility index (Phi) is 8.20. The van der Waals surface area contributed by atoms with Crippen LogP contribution in [0, 0.1) is 0 Å². The maximum absolute atomic E-state index is 10.3. The van der Waals surface area contributed by atoms with Crippen LogP contribution in [0.15, 0.2) is 24.3 Å². The molecule has 0 saturated carbocycles. The van der Waals surface area contributed by atoms with E-state index in [1.165, 1.54) is 24.8 Å². The van der Waals surface area contributed by atoms with Gasteiger partial charge in [0.25, 0.3) is 0 Å². The fourth-order valence-corrected chi connectivity index (χ4v) is 3.65. The summed E-state index contributed by atoms with van der Waals surface area (Å²) in [6.45, 7) is 10.9. The molecule has 1 aliphatic rings. The number of aliphatic hydroxyl groups excluding tert-OH is 1. The summed E-state index contributed by atoms with van der Waals surface area (Å²) in [6, 6.07) is 9.24. The second-order valence-electron chi connectivity index (χ2n) is 7.60. The largest absolute Gasteiger partial charge is 0.491 e. The zero-order valence-corrected chi connectivity index (χ0v) is 16.3. The highest BCUT2D eigenvalue weighted by Crippen LogP contribution is 2.25.